The summed E-state index contributed by atoms with van der Waals surface area (Å²) < 4.78 is 5.36. The Balaban J connectivity index is 1.49. The minimum atomic E-state index is -0.279. The first kappa shape index (κ1) is 23.0. The van der Waals surface area contributed by atoms with Crippen LogP contribution in [0, 0.1) is 0 Å². The van der Waals surface area contributed by atoms with Gasteiger partial charge >= 0.3 is 6.03 Å². The highest BCUT2D eigenvalue weighted by molar-refractivity contribution is 6.31. The van der Waals surface area contributed by atoms with Crippen LogP contribution in [-0.4, -0.2) is 36.4 Å². The summed E-state index contributed by atoms with van der Waals surface area (Å²) >= 11 is 12.1. The van der Waals surface area contributed by atoms with Crippen LogP contribution in [0.25, 0.3) is 0 Å². The zero-order valence-corrected chi connectivity index (χ0v) is 19.5. The van der Waals surface area contributed by atoms with Crippen LogP contribution in [0.4, 0.5) is 10.5 Å². The number of para-hydroxylation sites is 2. The Hall–Kier alpha value is -3.22. The summed E-state index contributed by atoms with van der Waals surface area (Å²) in [6.45, 7) is 0.700. The molecule has 33 heavy (non-hydrogen) atoms. The molecule has 0 aliphatic carbocycles. The van der Waals surface area contributed by atoms with Gasteiger partial charge in [0.25, 0.3) is 0 Å². The van der Waals surface area contributed by atoms with Gasteiger partial charge in [0.15, 0.2) is 6.10 Å². The lowest BCUT2D eigenvalue weighted by Crippen LogP contribution is -2.40. The highest BCUT2D eigenvalue weighted by atomic mass is 35.5. The zero-order chi connectivity index (χ0) is 23.2. The second-order valence-electron chi connectivity index (χ2n) is 7.62. The molecule has 1 heterocycles. The van der Waals surface area contributed by atoms with Gasteiger partial charge in [-0.25, -0.2) is 4.79 Å². The fraction of sp³-hybridized carbons (Fsp3) is 0.200. The predicted octanol–water partition coefficient (Wildman–Crippen LogP) is 6.23. The van der Waals surface area contributed by atoms with Gasteiger partial charge in [-0.2, -0.15) is 0 Å². The Morgan fingerprint density at radius 2 is 1.88 bits per heavy atom. The largest absolute Gasteiger partial charge is 0.495 e. The maximum absolute atomic E-state index is 13.3. The highest BCUT2D eigenvalue weighted by Gasteiger charge is 2.27. The molecule has 0 saturated carbocycles. The third kappa shape index (κ3) is 5.97. The summed E-state index contributed by atoms with van der Waals surface area (Å²) in [5.41, 5.74) is 3.27. The minimum absolute atomic E-state index is 0.275. The van der Waals surface area contributed by atoms with Crippen LogP contribution in [0.2, 0.25) is 10.0 Å². The number of rotatable bonds is 7. The van der Waals surface area contributed by atoms with E-state index in [1.54, 1.807) is 30.2 Å². The molecular weight excluding hydrogens is 461 g/mol. The van der Waals surface area contributed by atoms with E-state index in [4.69, 9.17) is 32.8 Å². The van der Waals surface area contributed by atoms with Crippen LogP contribution < -0.4 is 10.1 Å². The minimum Gasteiger partial charge on any atom is -0.495 e. The molecule has 1 atom stereocenters. The van der Waals surface area contributed by atoms with E-state index in [0.717, 1.165) is 16.8 Å². The number of halogens is 2. The van der Waals surface area contributed by atoms with Gasteiger partial charge in [-0.1, -0.05) is 64.8 Å². The maximum Gasteiger partial charge on any atom is 0.322 e. The van der Waals surface area contributed by atoms with Gasteiger partial charge in [-0.3, -0.25) is 0 Å². The van der Waals surface area contributed by atoms with E-state index in [1.165, 1.54) is 0 Å². The Morgan fingerprint density at radius 1 is 1.09 bits per heavy atom. The quantitative estimate of drug-likeness (QED) is 0.433. The molecule has 170 valence electrons. The van der Waals surface area contributed by atoms with Crippen molar-refractivity contribution in [3.63, 3.8) is 0 Å². The van der Waals surface area contributed by atoms with Crippen molar-refractivity contribution in [3.8, 4) is 5.75 Å². The summed E-state index contributed by atoms with van der Waals surface area (Å²) in [5, 5.41) is 8.45. The molecule has 3 aromatic rings. The average Bonchev–Trinajstić information content (AvgIpc) is 3.28. The second kappa shape index (κ2) is 10.6. The van der Waals surface area contributed by atoms with Crippen LogP contribution in [-0.2, 0) is 11.4 Å². The van der Waals surface area contributed by atoms with Crippen molar-refractivity contribution >= 4 is 40.6 Å². The highest BCUT2D eigenvalue weighted by Crippen LogP contribution is 2.25. The molecule has 0 aromatic heterocycles. The van der Waals surface area contributed by atoms with Crippen LogP contribution in [0.15, 0.2) is 78.0 Å². The number of benzene rings is 3. The molecule has 0 bridgehead atoms. The number of ether oxygens (including phenoxy) is 1. The predicted molar refractivity (Wildman–Crippen MR) is 131 cm³/mol. The number of carbonyl (C=O) groups excluding carboxylic acids is 1. The standard InChI is InChI=1S/C25H23Cl2N3O3/c1-32-24-8-3-2-7-22(24)28-25(31)30(15-17-5-4-6-20(27)13-17)16-21-14-23(29-33-21)18-9-11-19(26)12-10-18/h2-13,21H,14-16H2,1H3,(H,28,31). The zero-order valence-electron chi connectivity index (χ0n) is 18.0. The number of carbonyl (C=O) groups is 1. The molecule has 1 N–H and O–H groups in total. The molecule has 6 nitrogen and oxygen atoms in total. The third-order valence-electron chi connectivity index (χ3n) is 5.23. The molecule has 3 aromatic carbocycles. The lowest BCUT2D eigenvalue weighted by atomic mass is 10.0. The molecule has 0 radical (unpaired) electrons. The number of hydrogen-bond donors (Lipinski definition) is 1. The summed E-state index contributed by atoms with van der Waals surface area (Å²) in [7, 11) is 1.57. The SMILES string of the molecule is COc1ccccc1NC(=O)N(Cc1cccc(Cl)c1)CC1CC(c2ccc(Cl)cc2)=NO1. The number of hydrogen-bond acceptors (Lipinski definition) is 4. The molecule has 8 heteroatoms. The van der Waals surface area contributed by atoms with Crippen molar-refractivity contribution in [2.45, 2.75) is 19.1 Å². The summed E-state index contributed by atoms with van der Waals surface area (Å²) in [6.07, 6.45) is 0.300. The fourth-order valence-corrected chi connectivity index (χ4v) is 3.94. The topological polar surface area (TPSA) is 63.2 Å². The van der Waals surface area contributed by atoms with E-state index in [9.17, 15) is 4.79 Å². The lowest BCUT2D eigenvalue weighted by molar-refractivity contribution is 0.0608. The Bertz CT molecular complexity index is 1150. The maximum atomic E-state index is 13.3. The Labute approximate surface area is 202 Å². The molecule has 1 aliphatic heterocycles. The van der Waals surface area contributed by atoms with Crippen LogP contribution in [0.1, 0.15) is 17.5 Å². The van der Waals surface area contributed by atoms with Crippen molar-refractivity contribution in [2.75, 3.05) is 19.0 Å². The fourth-order valence-electron chi connectivity index (χ4n) is 3.60. The van der Waals surface area contributed by atoms with Crippen molar-refractivity contribution in [1.82, 2.24) is 4.90 Å². The molecule has 0 fully saturated rings. The van der Waals surface area contributed by atoms with Crippen molar-refractivity contribution in [3.05, 3.63) is 94.0 Å². The number of nitrogens with one attached hydrogen (secondary N) is 1. The lowest BCUT2D eigenvalue weighted by Gasteiger charge is -2.25. The molecule has 4 rings (SSSR count). The van der Waals surface area contributed by atoms with E-state index < -0.39 is 0 Å². The van der Waals surface area contributed by atoms with Gasteiger partial charge in [0.05, 0.1) is 25.1 Å². The van der Waals surface area contributed by atoms with Gasteiger partial charge in [0.2, 0.25) is 0 Å². The smallest absolute Gasteiger partial charge is 0.322 e. The van der Waals surface area contributed by atoms with E-state index in [0.29, 0.717) is 41.0 Å². The van der Waals surface area contributed by atoms with E-state index in [-0.39, 0.29) is 12.1 Å². The van der Waals surface area contributed by atoms with Crippen LogP contribution in [0.5, 0.6) is 5.75 Å². The third-order valence-corrected chi connectivity index (χ3v) is 5.72. The van der Waals surface area contributed by atoms with Crippen LogP contribution in [0.3, 0.4) is 0 Å². The number of nitrogens with zero attached hydrogens (tertiary/aromatic N) is 2. The van der Waals surface area contributed by atoms with Crippen molar-refractivity contribution in [1.29, 1.82) is 0 Å². The average molecular weight is 484 g/mol. The second-order valence-corrected chi connectivity index (χ2v) is 8.49. The first-order chi connectivity index (χ1) is 16.0. The molecule has 2 amide bonds. The first-order valence-electron chi connectivity index (χ1n) is 10.4. The van der Waals surface area contributed by atoms with Gasteiger partial charge in [-0.05, 0) is 47.5 Å². The number of anilines is 1. The number of urea groups is 1. The van der Waals surface area contributed by atoms with Crippen molar-refractivity contribution in [2.24, 2.45) is 5.16 Å². The van der Waals surface area contributed by atoms with Crippen LogP contribution >= 0.6 is 23.2 Å². The number of amides is 2. The van der Waals surface area contributed by atoms with Gasteiger partial charge < -0.3 is 19.8 Å². The van der Waals surface area contributed by atoms with E-state index in [2.05, 4.69) is 10.5 Å². The summed E-state index contributed by atoms with van der Waals surface area (Å²) in [4.78, 5) is 20.6. The number of methoxy groups -OCH3 is 1. The molecule has 0 saturated heterocycles. The Morgan fingerprint density at radius 3 is 2.64 bits per heavy atom. The van der Waals surface area contributed by atoms with Gasteiger partial charge in [0, 0.05) is 23.0 Å². The summed E-state index contributed by atoms with van der Waals surface area (Å²) in [5.74, 6) is 0.582. The number of oxime groups is 1. The normalized spacial score (nSPS) is 14.9. The van der Waals surface area contributed by atoms with Crippen molar-refractivity contribution < 1.29 is 14.4 Å². The Kier molecular flexibility index (Phi) is 7.37. The van der Waals surface area contributed by atoms with E-state index in [1.807, 2.05) is 54.6 Å². The van der Waals surface area contributed by atoms with E-state index >= 15 is 0 Å². The molecule has 0 spiro atoms. The summed E-state index contributed by atoms with van der Waals surface area (Å²) in [6, 6.07) is 21.9. The molecule has 1 unspecified atom stereocenters. The molecular formula is C25H23Cl2N3O3. The monoisotopic (exact) mass is 483 g/mol. The molecule has 1 aliphatic rings. The first-order valence-corrected chi connectivity index (χ1v) is 11.2. The van der Waals surface area contributed by atoms with Gasteiger partial charge in [0.1, 0.15) is 5.75 Å². The van der Waals surface area contributed by atoms with Gasteiger partial charge in [-0.15, -0.1) is 0 Å².